The monoisotopic (exact) mass is 1150 g/mol. The summed E-state index contributed by atoms with van der Waals surface area (Å²) in [6.45, 7) is 12.5. The lowest BCUT2D eigenvalue weighted by Crippen LogP contribution is -2.41. The molecule has 2 aliphatic carbocycles. The molecule has 1 N–H and O–H groups in total. The predicted molar refractivity (Wildman–Crippen MR) is 328 cm³/mol. The zero-order valence-corrected chi connectivity index (χ0v) is 49.8. The number of fused-ring (bicyclic) bond motifs is 2. The lowest BCUT2D eigenvalue weighted by atomic mass is 9.78. The van der Waals surface area contributed by atoms with Crippen LogP contribution in [-0.4, -0.2) is 118 Å². The van der Waals surface area contributed by atoms with Crippen LogP contribution in [0.2, 0.25) is 0 Å². The molecule has 4 aliphatic rings. The topological polar surface area (TPSA) is 174 Å². The first-order chi connectivity index (χ1) is 40.3. The van der Waals surface area contributed by atoms with E-state index in [0.29, 0.717) is 64.1 Å². The fraction of sp³-hybridized carbons (Fsp3) is 0.403. The number of esters is 1. The maximum absolute atomic E-state index is 13.5. The molecule has 4 aromatic carbocycles. The minimum atomic E-state index is -0.961. The van der Waals surface area contributed by atoms with Crippen LogP contribution in [0.1, 0.15) is 140 Å². The summed E-state index contributed by atoms with van der Waals surface area (Å²) < 4.78 is 16.1. The van der Waals surface area contributed by atoms with Crippen molar-refractivity contribution in [2.24, 2.45) is 0 Å². The Balaban J connectivity index is 0.000000174. The van der Waals surface area contributed by atoms with Crippen LogP contribution in [0.5, 0.6) is 0 Å². The number of thiazole rings is 2. The van der Waals surface area contributed by atoms with Crippen molar-refractivity contribution in [1.82, 2.24) is 29.7 Å². The van der Waals surface area contributed by atoms with Crippen molar-refractivity contribution in [3.05, 3.63) is 140 Å². The van der Waals surface area contributed by atoms with E-state index in [1.165, 1.54) is 20.0 Å². The Morgan fingerprint density at radius 2 is 0.964 bits per heavy atom. The molecule has 0 radical (unpaired) electrons. The quantitative estimate of drug-likeness (QED) is 0.115. The Labute approximate surface area is 493 Å². The number of aryl methyl sites for hydroxylation is 4. The van der Waals surface area contributed by atoms with Gasteiger partial charge in [0, 0.05) is 37.0 Å². The molecule has 430 valence electrons. The van der Waals surface area contributed by atoms with Crippen LogP contribution in [0.15, 0.2) is 84.9 Å². The van der Waals surface area contributed by atoms with Gasteiger partial charge in [0.15, 0.2) is 0 Å². The number of benzene rings is 4. The Morgan fingerprint density at radius 1 is 0.542 bits per heavy atom. The van der Waals surface area contributed by atoms with E-state index >= 15 is 0 Å². The van der Waals surface area contributed by atoms with Crippen molar-refractivity contribution in [1.29, 1.82) is 0 Å². The van der Waals surface area contributed by atoms with E-state index in [-0.39, 0.29) is 42.1 Å². The number of carboxylic acids is 1. The summed E-state index contributed by atoms with van der Waals surface area (Å²) in [4.78, 5) is 77.0. The van der Waals surface area contributed by atoms with Crippen LogP contribution in [-0.2, 0) is 36.6 Å². The molecule has 2 amide bonds. The lowest BCUT2D eigenvalue weighted by Gasteiger charge is -2.29. The number of amides is 2. The Kier molecular flexibility index (Phi) is 17.8. The van der Waals surface area contributed by atoms with Gasteiger partial charge in [0.1, 0.15) is 0 Å². The fourth-order valence-corrected chi connectivity index (χ4v) is 14.6. The van der Waals surface area contributed by atoms with Crippen LogP contribution in [0.4, 0.5) is 0 Å². The van der Waals surface area contributed by atoms with Gasteiger partial charge in [-0.05, 0) is 170 Å². The van der Waals surface area contributed by atoms with Crippen LogP contribution in [0, 0.1) is 27.7 Å². The summed E-state index contributed by atoms with van der Waals surface area (Å²) in [7, 11) is 1.41. The first-order valence-corrected chi connectivity index (χ1v) is 31.0. The third kappa shape index (κ3) is 13.0. The summed E-state index contributed by atoms with van der Waals surface area (Å²) in [5.74, 6) is -0.680. The van der Waals surface area contributed by atoms with E-state index in [2.05, 4.69) is 58.5 Å². The van der Waals surface area contributed by atoms with Gasteiger partial charge in [0.25, 0.3) is 0 Å². The number of carbonyl (C=O) groups is 4. The second kappa shape index (κ2) is 25.7. The number of hydrogen-bond acceptors (Lipinski definition) is 13. The highest BCUT2D eigenvalue weighted by Crippen LogP contribution is 2.44. The van der Waals surface area contributed by atoms with E-state index in [9.17, 15) is 24.3 Å². The lowest BCUT2D eigenvalue weighted by molar-refractivity contribution is -0.135. The molecule has 4 fully saturated rings. The average Bonchev–Trinajstić information content (AvgIpc) is 4.20. The summed E-state index contributed by atoms with van der Waals surface area (Å²) in [5.41, 5.74) is 14.4. The first kappa shape index (κ1) is 57.6. The number of nitrogens with zero attached hydrogens (tertiary/aromatic N) is 6. The van der Waals surface area contributed by atoms with Gasteiger partial charge in [-0.2, -0.15) is 0 Å². The second-order valence-corrected chi connectivity index (χ2v) is 24.9. The molecule has 0 spiro atoms. The maximum atomic E-state index is 13.5. The van der Waals surface area contributed by atoms with Gasteiger partial charge in [-0.3, -0.25) is 9.59 Å². The molecule has 6 heterocycles. The molecule has 8 aromatic rings. The summed E-state index contributed by atoms with van der Waals surface area (Å²) >= 11 is 3.31. The predicted octanol–water partition coefficient (Wildman–Crippen LogP) is 13.7. The second-order valence-electron chi connectivity index (χ2n) is 22.5. The molecule has 2 saturated carbocycles. The Hall–Kier alpha value is -7.24. The van der Waals surface area contributed by atoms with Crippen molar-refractivity contribution in [2.75, 3.05) is 59.7 Å². The minimum Gasteiger partial charge on any atom is -0.478 e. The molecular weight excluding hydrogens is 1080 g/mol. The van der Waals surface area contributed by atoms with E-state index in [1.54, 1.807) is 28.7 Å². The molecule has 83 heavy (non-hydrogen) atoms. The van der Waals surface area contributed by atoms with Crippen molar-refractivity contribution < 1.29 is 38.5 Å². The Bertz CT molecular complexity index is 3730. The SMILES string of the molecule is COC(=O)c1cc(CC(=O)N2CCOCC2)c(-c2ccc3nc(-c4sc(C)nc4C)ccc3c2)c(C2CCCCC2)c1.Cc1nc(C)c(-c2ccc3cc(-c4c(CC(=O)N5CCOCC5)cc(C(=O)O)cc4C4CCCCC4)ccc3n2)s1. The van der Waals surface area contributed by atoms with Gasteiger partial charge in [-0.1, -0.05) is 62.8 Å². The zero-order chi connectivity index (χ0) is 57.7. The van der Waals surface area contributed by atoms with Gasteiger partial charge in [-0.15, -0.1) is 22.7 Å². The van der Waals surface area contributed by atoms with Gasteiger partial charge >= 0.3 is 11.9 Å². The van der Waals surface area contributed by atoms with Crippen molar-refractivity contribution in [3.63, 3.8) is 0 Å². The number of carbonyl (C=O) groups excluding carboxylic acids is 3. The summed E-state index contributed by atoms with van der Waals surface area (Å²) in [6.07, 6.45) is 11.6. The Morgan fingerprint density at radius 3 is 1.36 bits per heavy atom. The number of rotatable bonds is 12. The third-order valence-electron chi connectivity index (χ3n) is 16.9. The molecule has 12 rings (SSSR count). The number of morpholine rings is 2. The van der Waals surface area contributed by atoms with E-state index < -0.39 is 5.97 Å². The van der Waals surface area contributed by atoms with Gasteiger partial charge in [0.2, 0.25) is 11.8 Å². The van der Waals surface area contributed by atoms with E-state index in [0.717, 1.165) is 160 Å². The molecule has 0 atom stereocenters. The number of pyridine rings is 2. The number of ether oxygens (including phenoxy) is 3. The van der Waals surface area contributed by atoms with Crippen LogP contribution < -0.4 is 0 Å². The van der Waals surface area contributed by atoms with Gasteiger partial charge in [-0.25, -0.2) is 29.5 Å². The zero-order valence-electron chi connectivity index (χ0n) is 48.2. The highest BCUT2D eigenvalue weighted by atomic mass is 32.1. The maximum Gasteiger partial charge on any atom is 0.337 e. The number of hydrogen-bond donors (Lipinski definition) is 1. The van der Waals surface area contributed by atoms with E-state index in [1.807, 2.05) is 67.8 Å². The highest BCUT2D eigenvalue weighted by Gasteiger charge is 2.29. The van der Waals surface area contributed by atoms with E-state index in [4.69, 9.17) is 24.2 Å². The standard InChI is InChI=1S/C34H37N3O4S.C33H35N3O4S/c1-21-33(42-22(2)35-21)30-12-9-24-17-25(10-11-29(24)36-30)32-26(20-31(38)37-13-15-41-16-14-37)18-27(34(39)40-3)19-28(32)23-7-5-4-6-8-23;1-20-32(41-21(2)34-20)29-11-8-23-16-24(9-10-28(23)35-29)31-25(19-30(37)36-12-14-40-15-13-36)17-26(33(38)39)18-27(31)22-6-4-3-5-7-22/h9-12,17-19,23H,4-8,13-16,20H2,1-3H3;8-11,16-18,22H,3-7,12-15,19H2,1-2H3,(H,38,39). The van der Waals surface area contributed by atoms with Crippen LogP contribution in [0.3, 0.4) is 0 Å². The van der Waals surface area contributed by atoms with Crippen molar-refractivity contribution in [3.8, 4) is 43.4 Å². The third-order valence-corrected chi connectivity index (χ3v) is 19.1. The van der Waals surface area contributed by atoms with Crippen molar-refractivity contribution >= 4 is 68.2 Å². The van der Waals surface area contributed by atoms with Gasteiger partial charge < -0.3 is 29.1 Å². The molecular formula is C67H72N6O8S2. The smallest absolute Gasteiger partial charge is 0.337 e. The molecule has 0 bridgehead atoms. The number of methoxy groups -OCH3 is 1. The van der Waals surface area contributed by atoms with Crippen LogP contribution >= 0.6 is 22.7 Å². The summed E-state index contributed by atoms with van der Waals surface area (Å²) in [6, 6.07) is 28.4. The average molecular weight is 1150 g/mol. The molecule has 2 aliphatic heterocycles. The van der Waals surface area contributed by atoms with Gasteiger partial charge in [0.05, 0.1) is 111 Å². The highest BCUT2D eigenvalue weighted by molar-refractivity contribution is 7.15. The summed E-state index contributed by atoms with van der Waals surface area (Å²) in [5, 5.41) is 14.1. The minimum absolute atomic E-state index is 0.00833. The normalized spacial score (nSPS) is 16.2. The molecule has 16 heteroatoms. The number of aromatic carboxylic acids is 1. The largest absolute Gasteiger partial charge is 0.478 e. The fourth-order valence-electron chi connectivity index (χ4n) is 12.8. The molecule has 4 aromatic heterocycles. The number of aromatic nitrogens is 4. The molecule has 0 unspecified atom stereocenters. The molecule has 2 saturated heterocycles. The molecule has 14 nitrogen and oxygen atoms in total. The van der Waals surface area contributed by atoms with Crippen molar-refractivity contribution in [2.45, 2.75) is 117 Å². The van der Waals surface area contributed by atoms with Crippen LogP contribution in [0.25, 0.3) is 65.2 Å². The first-order valence-electron chi connectivity index (χ1n) is 29.4. The number of carboxylic acid groups (broad SMARTS) is 1.